The lowest BCUT2D eigenvalue weighted by atomic mass is 10.2. The summed E-state index contributed by atoms with van der Waals surface area (Å²) in [6, 6.07) is 6.48. The first kappa shape index (κ1) is 14.1. The van der Waals surface area contributed by atoms with Crippen molar-refractivity contribution in [3.8, 4) is 11.8 Å². The second kappa shape index (κ2) is 6.75. The Morgan fingerprint density at radius 2 is 2.30 bits per heavy atom. The van der Waals surface area contributed by atoms with Gasteiger partial charge in [-0.1, -0.05) is 28.6 Å². The highest BCUT2D eigenvalue weighted by Crippen LogP contribution is 2.23. The number of hydrogen-bond donors (Lipinski definition) is 2. The number of anilines is 1. The number of hydrogen-bond acceptors (Lipinski definition) is 4. The summed E-state index contributed by atoms with van der Waals surface area (Å²) in [5.74, 6) is 5.32. The van der Waals surface area contributed by atoms with Gasteiger partial charge in [0.05, 0.1) is 23.5 Å². The first-order valence-electron chi connectivity index (χ1n) is 5.82. The Kier molecular flexibility index (Phi) is 4.77. The van der Waals surface area contributed by atoms with Crippen molar-refractivity contribution in [2.24, 2.45) is 0 Å². The molecule has 1 aromatic carbocycles. The Bertz CT molecular complexity index is 657. The maximum atomic E-state index is 11.8. The number of nitrogens with one attached hydrogen (secondary N) is 1. The van der Waals surface area contributed by atoms with E-state index in [2.05, 4.69) is 22.3 Å². The number of aliphatic hydroxyl groups is 1. The molecule has 0 radical (unpaired) electrons. The Labute approximate surface area is 120 Å². The van der Waals surface area contributed by atoms with Gasteiger partial charge in [0.1, 0.15) is 0 Å². The van der Waals surface area contributed by atoms with Crippen LogP contribution in [0.1, 0.15) is 22.5 Å². The van der Waals surface area contributed by atoms with Gasteiger partial charge in [-0.25, -0.2) is 0 Å². The minimum absolute atomic E-state index is 0.00960. The minimum Gasteiger partial charge on any atom is -0.395 e. The maximum Gasteiger partial charge on any atom is 0.294 e. The van der Waals surface area contributed by atoms with E-state index in [1.54, 1.807) is 18.2 Å². The number of benzene rings is 1. The van der Waals surface area contributed by atoms with Gasteiger partial charge < -0.3 is 14.9 Å². The fraction of sp³-hybridized carbons (Fsp3) is 0.143. The van der Waals surface area contributed by atoms with Gasteiger partial charge >= 0.3 is 0 Å². The Morgan fingerprint density at radius 3 is 3.00 bits per heavy atom. The molecule has 0 aliphatic rings. The van der Waals surface area contributed by atoms with E-state index in [-0.39, 0.29) is 12.4 Å². The van der Waals surface area contributed by atoms with Crippen molar-refractivity contribution in [1.29, 1.82) is 0 Å². The first-order valence-corrected chi connectivity index (χ1v) is 6.20. The lowest BCUT2D eigenvalue weighted by molar-refractivity contribution is 0.0988. The van der Waals surface area contributed by atoms with E-state index in [4.69, 9.17) is 21.2 Å². The van der Waals surface area contributed by atoms with Crippen LogP contribution in [0.15, 0.2) is 35.0 Å². The molecule has 1 amide bonds. The average Bonchev–Trinajstić information content (AvgIpc) is 2.97. The highest BCUT2D eigenvalue weighted by molar-refractivity contribution is 6.33. The molecule has 2 rings (SSSR count). The number of nitrogens with zero attached hydrogens (tertiary/aromatic N) is 1. The first-order chi connectivity index (χ1) is 9.70. The maximum absolute atomic E-state index is 11.8. The van der Waals surface area contributed by atoms with Crippen LogP contribution >= 0.6 is 11.6 Å². The highest BCUT2D eigenvalue weighted by atomic mass is 35.5. The molecular weight excluding hydrogens is 280 g/mol. The van der Waals surface area contributed by atoms with Crippen molar-refractivity contribution in [2.45, 2.75) is 6.42 Å². The SMILES string of the molecule is O=C(Nc1cc(C#CCCO)ccc1Cl)c1ccno1. The number of aliphatic hydroxyl groups excluding tert-OH is 1. The van der Waals surface area contributed by atoms with Gasteiger partial charge in [-0.3, -0.25) is 4.79 Å². The van der Waals surface area contributed by atoms with E-state index >= 15 is 0 Å². The molecule has 0 spiro atoms. The van der Waals surface area contributed by atoms with Gasteiger partial charge in [0, 0.05) is 18.1 Å². The average molecular weight is 291 g/mol. The normalized spacial score (nSPS) is 9.70. The lowest BCUT2D eigenvalue weighted by Crippen LogP contribution is -2.11. The molecule has 6 heteroatoms. The third kappa shape index (κ3) is 3.60. The van der Waals surface area contributed by atoms with Crippen LogP contribution in [-0.4, -0.2) is 22.8 Å². The highest BCUT2D eigenvalue weighted by Gasteiger charge is 2.12. The molecule has 20 heavy (non-hydrogen) atoms. The second-order valence-corrected chi connectivity index (χ2v) is 4.21. The standard InChI is InChI=1S/C14H11ClN2O3/c15-11-5-4-10(3-1-2-8-18)9-12(11)17-14(19)13-6-7-16-20-13/h4-7,9,18H,2,8H2,(H,17,19). The van der Waals surface area contributed by atoms with Crippen LogP contribution < -0.4 is 5.32 Å². The van der Waals surface area contributed by atoms with E-state index in [9.17, 15) is 4.79 Å². The predicted molar refractivity (Wildman–Crippen MR) is 74.5 cm³/mol. The summed E-state index contributed by atoms with van der Waals surface area (Å²) in [6.07, 6.45) is 1.77. The molecule has 5 nitrogen and oxygen atoms in total. The largest absolute Gasteiger partial charge is 0.395 e. The molecule has 2 aromatic rings. The summed E-state index contributed by atoms with van der Waals surface area (Å²) in [4.78, 5) is 11.8. The van der Waals surface area contributed by atoms with E-state index in [0.29, 0.717) is 22.7 Å². The molecule has 0 bridgehead atoms. The van der Waals surface area contributed by atoms with Crippen molar-refractivity contribution in [1.82, 2.24) is 5.16 Å². The lowest BCUT2D eigenvalue weighted by Gasteiger charge is -2.05. The summed E-state index contributed by atoms with van der Waals surface area (Å²) >= 11 is 6.01. The van der Waals surface area contributed by atoms with Crippen LogP contribution in [0.3, 0.4) is 0 Å². The molecule has 0 aliphatic carbocycles. The molecule has 1 heterocycles. The topological polar surface area (TPSA) is 75.4 Å². The van der Waals surface area contributed by atoms with Gasteiger partial charge in [-0.05, 0) is 18.2 Å². The van der Waals surface area contributed by atoms with Crippen molar-refractivity contribution in [3.05, 3.63) is 46.8 Å². The van der Waals surface area contributed by atoms with Crippen molar-refractivity contribution >= 4 is 23.2 Å². The van der Waals surface area contributed by atoms with Crippen molar-refractivity contribution in [3.63, 3.8) is 0 Å². The summed E-state index contributed by atoms with van der Waals surface area (Å²) in [5, 5.41) is 15.1. The molecule has 0 atom stereocenters. The molecule has 0 unspecified atom stereocenters. The fourth-order valence-electron chi connectivity index (χ4n) is 1.44. The molecule has 1 aromatic heterocycles. The summed E-state index contributed by atoms with van der Waals surface area (Å²) in [7, 11) is 0. The van der Waals surface area contributed by atoms with Crippen LogP contribution in [-0.2, 0) is 0 Å². The summed E-state index contributed by atoms with van der Waals surface area (Å²) < 4.78 is 4.76. The third-order valence-corrected chi connectivity index (χ3v) is 2.68. The Morgan fingerprint density at radius 1 is 1.45 bits per heavy atom. The number of amides is 1. The Hall–Kier alpha value is -2.29. The quantitative estimate of drug-likeness (QED) is 0.851. The molecule has 0 fully saturated rings. The second-order valence-electron chi connectivity index (χ2n) is 3.80. The zero-order valence-electron chi connectivity index (χ0n) is 10.4. The van der Waals surface area contributed by atoms with E-state index in [0.717, 1.165) is 0 Å². The van der Waals surface area contributed by atoms with Crippen LogP contribution in [0.25, 0.3) is 0 Å². The molecule has 0 aliphatic heterocycles. The van der Waals surface area contributed by atoms with E-state index in [1.165, 1.54) is 12.3 Å². The van der Waals surface area contributed by atoms with Gasteiger partial charge in [0.15, 0.2) is 0 Å². The third-order valence-electron chi connectivity index (χ3n) is 2.35. The number of rotatable bonds is 3. The van der Waals surface area contributed by atoms with Crippen LogP contribution in [0.4, 0.5) is 5.69 Å². The number of aromatic nitrogens is 1. The molecule has 2 N–H and O–H groups in total. The molecule has 102 valence electrons. The van der Waals surface area contributed by atoms with E-state index < -0.39 is 5.91 Å². The van der Waals surface area contributed by atoms with Gasteiger partial charge in [-0.2, -0.15) is 0 Å². The molecule has 0 saturated carbocycles. The number of carbonyl (C=O) groups is 1. The predicted octanol–water partition coefficient (Wildman–Crippen LogP) is 2.31. The van der Waals surface area contributed by atoms with Gasteiger partial charge in [0.25, 0.3) is 5.91 Å². The number of carbonyl (C=O) groups excluding carboxylic acids is 1. The molecular formula is C14H11ClN2O3. The summed E-state index contributed by atoms with van der Waals surface area (Å²) in [5.41, 5.74) is 1.12. The smallest absolute Gasteiger partial charge is 0.294 e. The van der Waals surface area contributed by atoms with Crippen LogP contribution in [0.2, 0.25) is 5.02 Å². The van der Waals surface area contributed by atoms with Crippen molar-refractivity contribution < 1.29 is 14.4 Å². The monoisotopic (exact) mass is 290 g/mol. The Balaban J connectivity index is 2.17. The van der Waals surface area contributed by atoms with Gasteiger partial charge in [0.2, 0.25) is 5.76 Å². The fourth-order valence-corrected chi connectivity index (χ4v) is 1.60. The zero-order chi connectivity index (χ0) is 14.4. The molecule has 0 saturated heterocycles. The van der Waals surface area contributed by atoms with Crippen molar-refractivity contribution in [2.75, 3.05) is 11.9 Å². The van der Waals surface area contributed by atoms with Crippen LogP contribution in [0.5, 0.6) is 0 Å². The minimum atomic E-state index is -0.440. The zero-order valence-corrected chi connectivity index (χ0v) is 11.1. The number of halogens is 1. The summed E-state index contributed by atoms with van der Waals surface area (Å²) in [6.45, 7) is 0.00960. The van der Waals surface area contributed by atoms with Gasteiger partial charge in [-0.15, -0.1) is 0 Å². The van der Waals surface area contributed by atoms with Crippen LogP contribution in [0, 0.1) is 11.8 Å². The van der Waals surface area contributed by atoms with E-state index in [1.807, 2.05) is 0 Å².